The maximum absolute atomic E-state index is 12.3. The molecule has 23 heavy (non-hydrogen) atoms. The van der Waals surface area contributed by atoms with Gasteiger partial charge in [-0.2, -0.15) is 11.3 Å². The van der Waals surface area contributed by atoms with Gasteiger partial charge in [0, 0.05) is 12.1 Å². The molecule has 2 N–H and O–H groups in total. The molecular weight excluding hydrogens is 318 g/mol. The Morgan fingerprint density at radius 1 is 1.22 bits per heavy atom. The van der Waals surface area contributed by atoms with Crippen LogP contribution in [0.4, 0.5) is 0 Å². The number of hydrogen-bond donors (Lipinski definition) is 2. The topological polar surface area (TPSA) is 77.0 Å². The second-order valence-corrected chi connectivity index (χ2v) is 5.48. The number of methoxy groups -OCH3 is 3. The lowest BCUT2D eigenvalue weighted by molar-refractivity contribution is 0.0915. The molecule has 0 bridgehead atoms. The number of hydrogen-bond acceptors (Lipinski definition) is 6. The Bertz CT molecular complexity index is 631. The highest BCUT2D eigenvalue weighted by atomic mass is 32.1. The minimum absolute atomic E-state index is 0.117. The van der Waals surface area contributed by atoms with Crippen LogP contribution in [0, 0.1) is 0 Å². The van der Waals surface area contributed by atoms with Crippen molar-refractivity contribution in [3.63, 3.8) is 0 Å². The zero-order valence-corrected chi connectivity index (χ0v) is 14.0. The average molecular weight is 337 g/mol. The van der Waals surface area contributed by atoms with Crippen molar-refractivity contribution in [2.75, 3.05) is 27.9 Å². The van der Waals surface area contributed by atoms with Crippen LogP contribution in [0.2, 0.25) is 0 Å². The summed E-state index contributed by atoms with van der Waals surface area (Å²) in [5, 5.41) is 16.4. The predicted octanol–water partition coefficient (Wildman–Crippen LogP) is 2.24. The summed E-state index contributed by atoms with van der Waals surface area (Å²) in [6.45, 7) is 0.117. The third-order valence-corrected chi connectivity index (χ3v) is 4.01. The van der Waals surface area contributed by atoms with Crippen molar-refractivity contribution in [1.82, 2.24) is 5.32 Å². The molecule has 0 aliphatic rings. The molecule has 0 fully saturated rings. The van der Waals surface area contributed by atoms with Crippen LogP contribution < -0.4 is 19.5 Å². The quantitative estimate of drug-likeness (QED) is 0.810. The van der Waals surface area contributed by atoms with Crippen LogP contribution in [0.1, 0.15) is 22.0 Å². The number of amides is 1. The van der Waals surface area contributed by atoms with Crippen LogP contribution in [0.5, 0.6) is 17.2 Å². The summed E-state index contributed by atoms with van der Waals surface area (Å²) < 4.78 is 15.7. The molecule has 1 atom stereocenters. The molecule has 0 saturated carbocycles. The Labute approximate surface area is 138 Å². The number of aliphatic hydroxyl groups excluding tert-OH is 1. The van der Waals surface area contributed by atoms with E-state index in [4.69, 9.17) is 14.2 Å². The summed E-state index contributed by atoms with van der Waals surface area (Å²) in [5.74, 6) is 0.883. The van der Waals surface area contributed by atoms with Crippen LogP contribution >= 0.6 is 11.3 Å². The largest absolute Gasteiger partial charge is 0.493 e. The van der Waals surface area contributed by atoms with Gasteiger partial charge in [-0.05, 0) is 34.5 Å². The van der Waals surface area contributed by atoms with E-state index in [1.54, 1.807) is 12.1 Å². The van der Waals surface area contributed by atoms with Gasteiger partial charge in [-0.25, -0.2) is 0 Å². The lowest BCUT2D eigenvalue weighted by Crippen LogP contribution is -2.28. The highest BCUT2D eigenvalue weighted by Gasteiger charge is 2.18. The van der Waals surface area contributed by atoms with Crippen molar-refractivity contribution < 1.29 is 24.1 Å². The molecule has 0 saturated heterocycles. The first-order chi connectivity index (χ1) is 11.1. The van der Waals surface area contributed by atoms with E-state index in [9.17, 15) is 9.90 Å². The van der Waals surface area contributed by atoms with Gasteiger partial charge in [0.05, 0.1) is 27.4 Å². The number of aliphatic hydroxyl groups is 1. The van der Waals surface area contributed by atoms with Crippen LogP contribution in [-0.2, 0) is 0 Å². The van der Waals surface area contributed by atoms with Gasteiger partial charge in [0.25, 0.3) is 5.91 Å². The highest BCUT2D eigenvalue weighted by Crippen LogP contribution is 2.38. The monoisotopic (exact) mass is 337 g/mol. The van der Waals surface area contributed by atoms with Crippen molar-refractivity contribution in [3.8, 4) is 17.2 Å². The van der Waals surface area contributed by atoms with E-state index in [2.05, 4.69) is 5.32 Å². The molecular formula is C16H19NO5S. The smallest absolute Gasteiger partial charge is 0.251 e. The Kier molecular flexibility index (Phi) is 5.84. The van der Waals surface area contributed by atoms with E-state index in [-0.39, 0.29) is 12.5 Å². The molecule has 124 valence electrons. The van der Waals surface area contributed by atoms with E-state index in [1.807, 2.05) is 16.8 Å². The Hall–Kier alpha value is -2.25. The zero-order chi connectivity index (χ0) is 16.8. The van der Waals surface area contributed by atoms with Crippen LogP contribution in [0.3, 0.4) is 0 Å². The van der Waals surface area contributed by atoms with Gasteiger partial charge >= 0.3 is 0 Å². The fourth-order valence-corrected chi connectivity index (χ4v) is 2.79. The third kappa shape index (κ3) is 3.94. The van der Waals surface area contributed by atoms with Crippen molar-refractivity contribution >= 4 is 17.2 Å². The Balaban J connectivity index is 2.12. The molecule has 7 heteroatoms. The van der Waals surface area contributed by atoms with Gasteiger partial charge in [-0.3, -0.25) is 4.79 Å². The highest BCUT2D eigenvalue weighted by molar-refractivity contribution is 7.07. The van der Waals surface area contributed by atoms with E-state index in [0.29, 0.717) is 22.8 Å². The van der Waals surface area contributed by atoms with Gasteiger partial charge in [-0.1, -0.05) is 0 Å². The summed E-state index contributed by atoms with van der Waals surface area (Å²) in [4.78, 5) is 12.3. The molecule has 0 aliphatic carbocycles. The first-order valence-corrected chi connectivity index (χ1v) is 7.83. The average Bonchev–Trinajstić information content (AvgIpc) is 3.12. The molecule has 1 aromatic heterocycles. The number of carbonyl (C=O) groups is 1. The van der Waals surface area contributed by atoms with E-state index in [0.717, 1.165) is 5.56 Å². The fourth-order valence-electron chi connectivity index (χ4n) is 2.09. The molecule has 1 heterocycles. The predicted molar refractivity (Wildman–Crippen MR) is 87.7 cm³/mol. The Morgan fingerprint density at radius 2 is 1.87 bits per heavy atom. The maximum atomic E-state index is 12.3. The van der Waals surface area contributed by atoms with Crippen molar-refractivity contribution in [1.29, 1.82) is 0 Å². The summed E-state index contributed by atoms with van der Waals surface area (Å²) in [7, 11) is 4.47. The molecule has 0 aliphatic heterocycles. The van der Waals surface area contributed by atoms with Crippen molar-refractivity contribution in [2.24, 2.45) is 0 Å². The van der Waals surface area contributed by atoms with Crippen LogP contribution in [-0.4, -0.2) is 38.9 Å². The minimum atomic E-state index is -0.743. The summed E-state index contributed by atoms with van der Waals surface area (Å²) in [6.07, 6.45) is -0.743. The maximum Gasteiger partial charge on any atom is 0.251 e. The molecule has 1 amide bonds. The summed E-state index contributed by atoms with van der Waals surface area (Å²) in [6, 6.07) is 4.95. The molecule has 6 nitrogen and oxygen atoms in total. The number of carbonyl (C=O) groups excluding carboxylic acids is 1. The second-order valence-electron chi connectivity index (χ2n) is 4.70. The lowest BCUT2D eigenvalue weighted by Gasteiger charge is -2.15. The molecule has 1 aromatic carbocycles. The zero-order valence-electron chi connectivity index (χ0n) is 13.2. The Morgan fingerprint density at radius 3 is 2.35 bits per heavy atom. The first-order valence-electron chi connectivity index (χ1n) is 6.89. The second kappa shape index (κ2) is 7.85. The van der Waals surface area contributed by atoms with Gasteiger partial charge < -0.3 is 24.6 Å². The summed E-state index contributed by atoms with van der Waals surface area (Å²) in [5.41, 5.74) is 1.14. The normalized spacial score (nSPS) is 11.7. The van der Waals surface area contributed by atoms with Gasteiger partial charge in [-0.15, -0.1) is 0 Å². The number of ether oxygens (including phenoxy) is 3. The SMILES string of the molecule is COc1cc(C(=O)NCC(O)c2ccsc2)cc(OC)c1OC. The van der Waals surface area contributed by atoms with E-state index >= 15 is 0 Å². The van der Waals surface area contributed by atoms with Gasteiger partial charge in [0.15, 0.2) is 11.5 Å². The van der Waals surface area contributed by atoms with Crippen molar-refractivity contribution in [3.05, 3.63) is 40.1 Å². The van der Waals surface area contributed by atoms with Gasteiger partial charge in [0.1, 0.15) is 0 Å². The van der Waals surface area contributed by atoms with E-state index in [1.165, 1.54) is 32.7 Å². The number of thiophene rings is 1. The van der Waals surface area contributed by atoms with Crippen LogP contribution in [0.15, 0.2) is 29.0 Å². The number of nitrogens with one attached hydrogen (secondary N) is 1. The minimum Gasteiger partial charge on any atom is -0.493 e. The number of rotatable bonds is 7. The lowest BCUT2D eigenvalue weighted by atomic mass is 10.1. The molecule has 0 spiro atoms. The van der Waals surface area contributed by atoms with E-state index < -0.39 is 6.10 Å². The number of benzene rings is 1. The first kappa shape index (κ1) is 17.1. The van der Waals surface area contributed by atoms with Crippen molar-refractivity contribution in [2.45, 2.75) is 6.10 Å². The standard InChI is InChI=1S/C16H19NO5S/c1-20-13-6-11(7-14(21-2)15(13)22-3)16(19)17-8-12(18)10-4-5-23-9-10/h4-7,9,12,18H,8H2,1-3H3,(H,17,19). The van der Waals surface area contributed by atoms with Crippen LogP contribution in [0.25, 0.3) is 0 Å². The third-order valence-electron chi connectivity index (χ3n) is 3.31. The molecule has 1 unspecified atom stereocenters. The molecule has 2 rings (SSSR count). The molecule has 2 aromatic rings. The van der Waals surface area contributed by atoms with Gasteiger partial charge in [0.2, 0.25) is 5.75 Å². The molecule has 0 radical (unpaired) electrons. The summed E-state index contributed by atoms with van der Waals surface area (Å²) >= 11 is 1.49. The fraction of sp³-hybridized carbons (Fsp3) is 0.312.